The lowest BCUT2D eigenvalue weighted by Gasteiger charge is -2.32. The van der Waals surface area contributed by atoms with Crippen LogP contribution in [-0.4, -0.2) is 18.0 Å². The molecule has 0 heterocycles. The standard InChI is InChI=1S/C16H24N2O/c17-16(10-5-2-6-11-16)13-15(19)18-12-9-14-7-3-1-4-8-14/h1,3-4,7-8H,2,5-6,9-13,17H2,(H,18,19). The molecule has 1 aromatic rings. The first-order valence-electron chi connectivity index (χ1n) is 7.27. The van der Waals surface area contributed by atoms with Gasteiger partial charge >= 0.3 is 0 Å². The number of benzene rings is 1. The average molecular weight is 260 g/mol. The monoisotopic (exact) mass is 260 g/mol. The Balaban J connectivity index is 1.70. The highest BCUT2D eigenvalue weighted by Crippen LogP contribution is 2.28. The van der Waals surface area contributed by atoms with Gasteiger partial charge < -0.3 is 11.1 Å². The lowest BCUT2D eigenvalue weighted by atomic mass is 9.80. The van der Waals surface area contributed by atoms with E-state index in [1.807, 2.05) is 18.2 Å². The molecule has 0 aliphatic heterocycles. The fraction of sp³-hybridized carbons (Fsp3) is 0.562. The molecule has 0 saturated heterocycles. The van der Waals surface area contributed by atoms with Gasteiger partial charge in [0.25, 0.3) is 0 Å². The number of carbonyl (C=O) groups excluding carboxylic acids is 1. The van der Waals surface area contributed by atoms with E-state index in [9.17, 15) is 4.79 Å². The Bertz CT molecular complexity index is 396. The van der Waals surface area contributed by atoms with Crippen molar-refractivity contribution in [2.75, 3.05) is 6.54 Å². The first-order chi connectivity index (χ1) is 9.18. The average Bonchev–Trinajstić information content (AvgIpc) is 2.40. The summed E-state index contributed by atoms with van der Waals surface area (Å²) in [5.74, 6) is 0.0975. The predicted molar refractivity (Wildman–Crippen MR) is 77.8 cm³/mol. The third-order valence-corrected chi connectivity index (χ3v) is 3.94. The van der Waals surface area contributed by atoms with Gasteiger partial charge in [-0.3, -0.25) is 4.79 Å². The molecule has 3 nitrogen and oxygen atoms in total. The number of nitrogens with one attached hydrogen (secondary N) is 1. The van der Waals surface area contributed by atoms with E-state index >= 15 is 0 Å². The molecule has 0 bridgehead atoms. The summed E-state index contributed by atoms with van der Waals surface area (Å²) in [5, 5.41) is 2.98. The second-order valence-corrected chi connectivity index (χ2v) is 5.69. The highest BCUT2D eigenvalue weighted by Gasteiger charge is 2.29. The summed E-state index contributed by atoms with van der Waals surface area (Å²) in [6.45, 7) is 0.693. The fourth-order valence-corrected chi connectivity index (χ4v) is 2.81. The highest BCUT2D eigenvalue weighted by molar-refractivity contribution is 5.77. The van der Waals surface area contributed by atoms with Gasteiger partial charge in [0.2, 0.25) is 5.91 Å². The van der Waals surface area contributed by atoms with E-state index in [1.54, 1.807) is 0 Å². The minimum atomic E-state index is -0.255. The number of hydrogen-bond acceptors (Lipinski definition) is 2. The van der Waals surface area contributed by atoms with Crippen LogP contribution in [0.25, 0.3) is 0 Å². The Morgan fingerprint density at radius 2 is 1.84 bits per heavy atom. The fourth-order valence-electron chi connectivity index (χ4n) is 2.81. The minimum absolute atomic E-state index is 0.0975. The van der Waals surface area contributed by atoms with Gasteiger partial charge in [0.05, 0.1) is 0 Å². The van der Waals surface area contributed by atoms with Gasteiger partial charge in [-0.25, -0.2) is 0 Å². The van der Waals surface area contributed by atoms with Crippen molar-refractivity contribution in [3.8, 4) is 0 Å². The maximum Gasteiger partial charge on any atom is 0.221 e. The Morgan fingerprint density at radius 3 is 2.53 bits per heavy atom. The SMILES string of the molecule is NC1(CC(=O)NCCc2ccccc2)CCCCC1. The molecule has 3 heteroatoms. The first kappa shape index (κ1) is 14.1. The molecular weight excluding hydrogens is 236 g/mol. The van der Waals surface area contributed by atoms with Crippen molar-refractivity contribution < 1.29 is 4.79 Å². The molecule has 0 radical (unpaired) electrons. The third kappa shape index (κ3) is 4.67. The van der Waals surface area contributed by atoms with E-state index in [4.69, 9.17) is 5.73 Å². The zero-order valence-corrected chi connectivity index (χ0v) is 11.5. The molecule has 1 aromatic carbocycles. The molecule has 104 valence electrons. The van der Waals surface area contributed by atoms with E-state index in [-0.39, 0.29) is 11.4 Å². The Morgan fingerprint density at radius 1 is 1.16 bits per heavy atom. The smallest absolute Gasteiger partial charge is 0.221 e. The van der Waals surface area contributed by atoms with Crippen LogP contribution >= 0.6 is 0 Å². The molecular formula is C16H24N2O. The van der Waals surface area contributed by atoms with Gasteiger partial charge in [0.1, 0.15) is 0 Å². The van der Waals surface area contributed by atoms with Crippen LogP contribution in [0.1, 0.15) is 44.1 Å². The highest BCUT2D eigenvalue weighted by atomic mass is 16.1. The van der Waals surface area contributed by atoms with Crippen LogP contribution in [0.3, 0.4) is 0 Å². The van der Waals surface area contributed by atoms with Crippen molar-refractivity contribution in [2.24, 2.45) is 5.73 Å². The topological polar surface area (TPSA) is 55.1 Å². The molecule has 3 N–H and O–H groups in total. The second kappa shape index (κ2) is 6.71. The Kier molecular flexibility index (Phi) is 4.97. The molecule has 0 spiro atoms. The summed E-state index contributed by atoms with van der Waals surface area (Å²) < 4.78 is 0. The molecule has 1 aliphatic rings. The molecule has 1 saturated carbocycles. The summed E-state index contributed by atoms with van der Waals surface area (Å²) in [5.41, 5.74) is 7.28. The number of amides is 1. The van der Waals surface area contributed by atoms with E-state index in [2.05, 4.69) is 17.4 Å². The lowest BCUT2D eigenvalue weighted by Crippen LogP contribution is -2.46. The molecule has 0 unspecified atom stereocenters. The molecule has 1 fully saturated rings. The normalized spacial score (nSPS) is 17.9. The summed E-state index contributed by atoms with van der Waals surface area (Å²) in [6, 6.07) is 10.2. The van der Waals surface area contributed by atoms with Crippen molar-refractivity contribution in [1.82, 2.24) is 5.32 Å². The molecule has 0 aromatic heterocycles. The molecule has 1 amide bonds. The van der Waals surface area contributed by atoms with Crippen molar-refractivity contribution in [2.45, 2.75) is 50.5 Å². The number of rotatable bonds is 5. The van der Waals surface area contributed by atoms with Gasteiger partial charge in [-0.15, -0.1) is 0 Å². The van der Waals surface area contributed by atoms with Gasteiger partial charge in [-0.2, -0.15) is 0 Å². The lowest BCUT2D eigenvalue weighted by molar-refractivity contribution is -0.122. The van der Waals surface area contributed by atoms with Gasteiger partial charge in [0.15, 0.2) is 0 Å². The molecule has 0 atom stereocenters. The summed E-state index contributed by atoms with van der Waals surface area (Å²) >= 11 is 0. The van der Waals surface area contributed by atoms with Crippen LogP contribution < -0.4 is 11.1 Å². The van der Waals surface area contributed by atoms with Crippen LogP contribution in [0.5, 0.6) is 0 Å². The van der Waals surface area contributed by atoms with E-state index in [0.717, 1.165) is 32.1 Å². The largest absolute Gasteiger partial charge is 0.356 e. The molecule has 19 heavy (non-hydrogen) atoms. The number of carbonyl (C=O) groups is 1. The van der Waals surface area contributed by atoms with Crippen LogP contribution in [0, 0.1) is 0 Å². The van der Waals surface area contributed by atoms with Gasteiger partial charge in [0, 0.05) is 18.5 Å². The van der Waals surface area contributed by atoms with E-state index in [0.29, 0.717) is 13.0 Å². The Labute approximate surface area is 115 Å². The second-order valence-electron chi connectivity index (χ2n) is 5.69. The van der Waals surface area contributed by atoms with Crippen molar-refractivity contribution >= 4 is 5.91 Å². The van der Waals surface area contributed by atoms with Crippen molar-refractivity contribution in [3.63, 3.8) is 0 Å². The van der Waals surface area contributed by atoms with Crippen LogP contribution in [0.4, 0.5) is 0 Å². The van der Waals surface area contributed by atoms with Crippen molar-refractivity contribution in [3.05, 3.63) is 35.9 Å². The summed E-state index contributed by atoms with van der Waals surface area (Å²) in [6.07, 6.45) is 6.90. The van der Waals surface area contributed by atoms with Crippen LogP contribution in [0.2, 0.25) is 0 Å². The maximum atomic E-state index is 11.9. The molecule has 2 rings (SSSR count). The van der Waals surface area contributed by atoms with Crippen molar-refractivity contribution in [1.29, 1.82) is 0 Å². The zero-order valence-electron chi connectivity index (χ0n) is 11.5. The van der Waals surface area contributed by atoms with Gasteiger partial charge in [-0.1, -0.05) is 49.6 Å². The Hall–Kier alpha value is -1.35. The summed E-state index contributed by atoms with van der Waals surface area (Å²) in [7, 11) is 0. The predicted octanol–water partition coefficient (Wildman–Crippen LogP) is 2.40. The third-order valence-electron chi connectivity index (χ3n) is 3.94. The van der Waals surface area contributed by atoms with Gasteiger partial charge in [-0.05, 0) is 24.8 Å². The van der Waals surface area contributed by atoms with Crippen LogP contribution in [-0.2, 0) is 11.2 Å². The number of hydrogen-bond donors (Lipinski definition) is 2. The minimum Gasteiger partial charge on any atom is -0.356 e. The maximum absolute atomic E-state index is 11.9. The van der Waals surface area contributed by atoms with Crippen LogP contribution in [0.15, 0.2) is 30.3 Å². The zero-order chi connectivity index (χ0) is 13.6. The molecule has 1 aliphatic carbocycles. The number of nitrogens with two attached hydrogens (primary N) is 1. The van der Waals surface area contributed by atoms with E-state index in [1.165, 1.54) is 12.0 Å². The first-order valence-corrected chi connectivity index (χ1v) is 7.27. The quantitative estimate of drug-likeness (QED) is 0.854. The van der Waals surface area contributed by atoms with E-state index < -0.39 is 0 Å². The summed E-state index contributed by atoms with van der Waals surface area (Å²) in [4.78, 5) is 11.9.